The maximum absolute atomic E-state index is 8.58. The van der Waals surface area contributed by atoms with Crippen molar-refractivity contribution in [3.63, 3.8) is 0 Å². The van der Waals surface area contributed by atoms with E-state index in [9.17, 15) is 0 Å². The van der Waals surface area contributed by atoms with E-state index in [1.807, 2.05) is 0 Å². The smallest absolute Gasteiger partial charge is 0.106 e. The van der Waals surface area contributed by atoms with Gasteiger partial charge in [-0.2, -0.15) is 0 Å². The summed E-state index contributed by atoms with van der Waals surface area (Å²) in [4.78, 5) is 0. The van der Waals surface area contributed by atoms with Gasteiger partial charge in [-0.25, -0.2) is 0 Å². The molecule has 0 aliphatic heterocycles. The Morgan fingerprint density at radius 1 is 0.800 bits per heavy atom. The van der Waals surface area contributed by atoms with Crippen LogP contribution in [0.5, 0.6) is 0 Å². The molecule has 0 radical (unpaired) electrons. The average molecular weight is 220 g/mol. The van der Waals surface area contributed by atoms with E-state index >= 15 is 0 Å². The molecule has 2 aliphatic rings. The van der Waals surface area contributed by atoms with Crippen LogP contribution in [-0.4, -0.2) is 57.1 Å². The zero-order valence-corrected chi connectivity index (χ0v) is 8.66. The van der Waals surface area contributed by atoms with Crippen LogP contribution in [0.15, 0.2) is 0 Å². The fraction of sp³-hybridized carbons (Fsp3) is 1.00. The fourth-order valence-electron chi connectivity index (χ4n) is 1.71. The third-order valence-electron chi connectivity index (χ3n) is 3.32. The van der Waals surface area contributed by atoms with Crippen molar-refractivity contribution in [1.29, 1.82) is 0 Å². The van der Waals surface area contributed by atoms with E-state index in [0.29, 0.717) is 18.3 Å². The number of aliphatic hydroxyl groups is 5. The Balaban J connectivity index is 0.000000151. The molecule has 5 N–H and O–H groups in total. The van der Waals surface area contributed by atoms with Gasteiger partial charge in [0.05, 0.1) is 12.2 Å². The molecule has 2 aliphatic carbocycles. The van der Waals surface area contributed by atoms with Gasteiger partial charge in [-0.15, -0.1) is 0 Å². The van der Waals surface area contributed by atoms with Crippen molar-refractivity contribution < 1.29 is 25.5 Å². The van der Waals surface area contributed by atoms with E-state index in [-0.39, 0.29) is 13.2 Å². The van der Waals surface area contributed by atoms with Gasteiger partial charge in [0.1, 0.15) is 6.10 Å². The second-order valence-corrected chi connectivity index (χ2v) is 4.32. The second kappa shape index (κ2) is 5.77. The number of hydrogen-bond acceptors (Lipinski definition) is 5. The van der Waals surface area contributed by atoms with Gasteiger partial charge >= 0.3 is 0 Å². The highest BCUT2D eigenvalue weighted by molar-refractivity contribution is 4.88. The van der Waals surface area contributed by atoms with Crippen molar-refractivity contribution in [2.24, 2.45) is 11.8 Å². The van der Waals surface area contributed by atoms with Crippen molar-refractivity contribution in [2.75, 3.05) is 13.2 Å². The van der Waals surface area contributed by atoms with Gasteiger partial charge in [0.15, 0.2) is 0 Å². The van der Waals surface area contributed by atoms with Crippen molar-refractivity contribution in [3.05, 3.63) is 0 Å². The van der Waals surface area contributed by atoms with Crippen LogP contribution in [0.2, 0.25) is 0 Å². The summed E-state index contributed by atoms with van der Waals surface area (Å²) in [6.07, 6.45) is 0.259. The first-order valence-corrected chi connectivity index (χ1v) is 5.36. The first-order chi connectivity index (χ1) is 7.10. The van der Waals surface area contributed by atoms with Crippen LogP contribution < -0.4 is 0 Å². The molecule has 0 saturated heterocycles. The van der Waals surface area contributed by atoms with Crippen LogP contribution in [0.25, 0.3) is 0 Å². The van der Waals surface area contributed by atoms with Crippen LogP contribution in [0.4, 0.5) is 0 Å². The van der Waals surface area contributed by atoms with E-state index in [0.717, 1.165) is 12.8 Å². The summed E-state index contributed by atoms with van der Waals surface area (Å²) in [5.41, 5.74) is 0. The van der Waals surface area contributed by atoms with Gasteiger partial charge in [0.2, 0.25) is 0 Å². The maximum atomic E-state index is 8.58. The summed E-state index contributed by atoms with van der Waals surface area (Å²) in [5, 5.41) is 42.6. The lowest BCUT2D eigenvalue weighted by Crippen LogP contribution is -2.50. The first kappa shape index (κ1) is 12.9. The zero-order chi connectivity index (χ0) is 11.4. The summed E-state index contributed by atoms with van der Waals surface area (Å²) in [5.74, 6) is 0.806. The minimum Gasteiger partial charge on any atom is -0.396 e. The van der Waals surface area contributed by atoms with Crippen LogP contribution in [0, 0.1) is 11.8 Å². The molecule has 4 unspecified atom stereocenters. The highest BCUT2D eigenvalue weighted by Gasteiger charge is 2.36. The first-order valence-electron chi connectivity index (χ1n) is 5.36. The maximum Gasteiger partial charge on any atom is 0.106 e. The quantitative estimate of drug-likeness (QED) is 0.389. The Morgan fingerprint density at radius 2 is 1.20 bits per heavy atom. The lowest BCUT2D eigenvalue weighted by molar-refractivity contribution is -0.143. The number of hydrogen-bond donors (Lipinski definition) is 5. The SMILES string of the molecule is OC1CC(O)C1O.OCC1CCC1CO. The van der Waals surface area contributed by atoms with Gasteiger partial charge in [-0.05, 0) is 24.7 Å². The Kier molecular flexibility index (Phi) is 4.95. The van der Waals surface area contributed by atoms with Gasteiger partial charge in [-0.3, -0.25) is 0 Å². The van der Waals surface area contributed by atoms with Crippen molar-refractivity contribution in [3.8, 4) is 0 Å². The average Bonchev–Trinajstić information content (AvgIpc) is 2.19. The van der Waals surface area contributed by atoms with Gasteiger partial charge in [-0.1, -0.05) is 0 Å². The number of aliphatic hydroxyl groups excluding tert-OH is 5. The lowest BCUT2D eigenvalue weighted by Gasteiger charge is -2.33. The van der Waals surface area contributed by atoms with E-state index in [1.165, 1.54) is 0 Å². The number of rotatable bonds is 2. The predicted molar refractivity (Wildman–Crippen MR) is 53.0 cm³/mol. The van der Waals surface area contributed by atoms with Gasteiger partial charge in [0, 0.05) is 19.6 Å². The third-order valence-corrected chi connectivity index (χ3v) is 3.32. The Bertz CT molecular complexity index is 165. The second-order valence-electron chi connectivity index (χ2n) is 4.32. The van der Waals surface area contributed by atoms with Crippen LogP contribution in [-0.2, 0) is 0 Å². The van der Waals surface area contributed by atoms with Crippen LogP contribution >= 0.6 is 0 Å². The molecule has 15 heavy (non-hydrogen) atoms. The van der Waals surface area contributed by atoms with Crippen LogP contribution in [0.1, 0.15) is 19.3 Å². The molecular formula is C10H20O5. The molecule has 0 heterocycles. The minimum absolute atomic E-state index is 0.255. The molecule has 4 atom stereocenters. The molecule has 2 rings (SSSR count). The summed E-state index contributed by atoms with van der Waals surface area (Å²) < 4.78 is 0. The summed E-state index contributed by atoms with van der Waals surface area (Å²) in [6.45, 7) is 0.510. The van der Waals surface area contributed by atoms with E-state index in [2.05, 4.69) is 0 Å². The molecule has 0 bridgehead atoms. The molecule has 2 fully saturated rings. The van der Waals surface area contributed by atoms with E-state index in [1.54, 1.807) is 0 Å². The minimum atomic E-state index is -0.889. The fourth-order valence-corrected chi connectivity index (χ4v) is 1.71. The molecule has 0 spiro atoms. The van der Waals surface area contributed by atoms with Gasteiger partial charge < -0.3 is 25.5 Å². The summed E-state index contributed by atoms with van der Waals surface area (Å²) in [6, 6.07) is 0. The predicted octanol–water partition coefficient (Wildman–Crippen LogP) is -1.53. The largest absolute Gasteiger partial charge is 0.396 e. The zero-order valence-electron chi connectivity index (χ0n) is 8.66. The van der Waals surface area contributed by atoms with E-state index < -0.39 is 18.3 Å². The normalized spacial score (nSPS) is 43.4. The molecule has 0 aromatic rings. The Hall–Kier alpha value is -0.200. The Labute approximate surface area is 89.0 Å². The third kappa shape index (κ3) is 3.12. The Morgan fingerprint density at radius 3 is 1.27 bits per heavy atom. The standard InChI is InChI=1S/C6H12O2.C4H8O3/c7-3-5-1-2-6(5)4-8;5-2-1-3(6)4(2)7/h5-8H,1-4H2;2-7H,1H2. The van der Waals surface area contributed by atoms with Crippen LogP contribution in [0.3, 0.4) is 0 Å². The summed E-state index contributed by atoms with van der Waals surface area (Å²) in [7, 11) is 0. The molecule has 2 saturated carbocycles. The highest BCUT2D eigenvalue weighted by atomic mass is 16.4. The lowest BCUT2D eigenvalue weighted by atomic mass is 9.75. The highest BCUT2D eigenvalue weighted by Crippen LogP contribution is 2.32. The summed E-state index contributed by atoms with van der Waals surface area (Å²) >= 11 is 0. The monoisotopic (exact) mass is 220 g/mol. The molecular weight excluding hydrogens is 200 g/mol. The van der Waals surface area contributed by atoms with Crippen molar-refractivity contribution in [2.45, 2.75) is 37.6 Å². The van der Waals surface area contributed by atoms with Crippen molar-refractivity contribution >= 4 is 0 Å². The molecule has 90 valence electrons. The van der Waals surface area contributed by atoms with Crippen molar-refractivity contribution in [1.82, 2.24) is 0 Å². The van der Waals surface area contributed by atoms with Gasteiger partial charge in [0.25, 0.3) is 0 Å². The molecule has 0 aromatic carbocycles. The topological polar surface area (TPSA) is 101 Å². The molecule has 5 heteroatoms. The van der Waals surface area contributed by atoms with E-state index in [4.69, 9.17) is 25.5 Å². The molecule has 0 aromatic heterocycles. The molecule has 0 amide bonds. The molecule has 5 nitrogen and oxygen atoms in total.